The highest BCUT2D eigenvalue weighted by Gasteiger charge is 2.27. The number of primary amides is 1. The number of hydrogen-bond acceptors (Lipinski definition) is 3. The van der Waals surface area contributed by atoms with Crippen LogP contribution in [0, 0.1) is 5.92 Å². The molecule has 2 heterocycles. The molecule has 1 aliphatic rings. The van der Waals surface area contributed by atoms with E-state index in [1.807, 2.05) is 42.5 Å². The van der Waals surface area contributed by atoms with Crippen LogP contribution in [-0.2, 0) is 4.79 Å². The Hall–Kier alpha value is -3.15. The lowest BCUT2D eigenvalue weighted by molar-refractivity contribution is -0.123. The highest BCUT2D eigenvalue weighted by atomic mass is 16.2. The zero-order chi connectivity index (χ0) is 18.1. The summed E-state index contributed by atoms with van der Waals surface area (Å²) in [4.78, 5) is 33.9. The smallest absolute Gasteiger partial charge is 0.253 e. The lowest BCUT2D eigenvalue weighted by Gasteiger charge is -2.31. The molecule has 0 radical (unpaired) electrons. The number of piperidine rings is 1. The molecule has 1 unspecified atom stereocenters. The molecule has 26 heavy (non-hydrogen) atoms. The molecule has 6 heteroatoms. The first-order chi connectivity index (χ1) is 12.6. The zero-order valence-corrected chi connectivity index (χ0v) is 14.3. The third kappa shape index (κ3) is 3.06. The first-order valence-corrected chi connectivity index (χ1v) is 8.75. The number of aromatic nitrogens is 2. The summed E-state index contributed by atoms with van der Waals surface area (Å²) in [5.41, 5.74) is 8.71. The number of benzene rings is 2. The summed E-state index contributed by atoms with van der Waals surface area (Å²) in [6.45, 7) is 1.04. The van der Waals surface area contributed by atoms with Crippen molar-refractivity contribution in [1.29, 1.82) is 0 Å². The zero-order valence-electron chi connectivity index (χ0n) is 14.3. The van der Waals surface area contributed by atoms with Gasteiger partial charge in [0.25, 0.3) is 5.91 Å². The highest BCUT2D eigenvalue weighted by molar-refractivity contribution is 5.96. The number of nitrogens with one attached hydrogen (secondary N) is 1. The van der Waals surface area contributed by atoms with E-state index in [0.717, 1.165) is 35.3 Å². The van der Waals surface area contributed by atoms with Gasteiger partial charge in [-0.05, 0) is 37.1 Å². The molecule has 6 nitrogen and oxygen atoms in total. The Bertz CT molecular complexity index is 946. The Balaban J connectivity index is 1.61. The predicted octanol–water partition coefficient (Wildman–Crippen LogP) is 2.57. The quantitative estimate of drug-likeness (QED) is 0.762. The van der Waals surface area contributed by atoms with Crippen LogP contribution in [0.3, 0.4) is 0 Å². The number of nitrogens with zero attached hydrogens (tertiary/aromatic N) is 2. The number of imidazole rings is 1. The van der Waals surface area contributed by atoms with E-state index < -0.39 is 0 Å². The number of H-pyrrole nitrogens is 1. The lowest BCUT2D eigenvalue weighted by Crippen LogP contribution is -2.44. The van der Waals surface area contributed by atoms with Gasteiger partial charge in [0.15, 0.2) is 0 Å². The van der Waals surface area contributed by atoms with Crippen molar-refractivity contribution in [2.24, 2.45) is 11.7 Å². The second-order valence-corrected chi connectivity index (χ2v) is 6.68. The minimum Gasteiger partial charge on any atom is -0.369 e. The Morgan fingerprint density at radius 3 is 2.81 bits per heavy atom. The van der Waals surface area contributed by atoms with Crippen molar-refractivity contribution in [3.8, 4) is 11.4 Å². The van der Waals surface area contributed by atoms with Gasteiger partial charge in [-0.2, -0.15) is 0 Å². The normalized spacial score (nSPS) is 17.4. The number of carbonyl (C=O) groups excluding carboxylic acids is 2. The minimum atomic E-state index is -0.335. The number of likely N-dealkylation sites (tertiary alicyclic amines) is 1. The van der Waals surface area contributed by atoms with Crippen molar-refractivity contribution in [1.82, 2.24) is 14.9 Å². The number of fused-ring (bicyclic) bond motifs is 1. The predicted molar refractivity (Wildman–Crippen MR) is 99.4 cm³/mol. The molecule has 0 saturated carbocycles. The van der Waals surface area contributed by atoms with Gasteiger partial charge in [0.2, 0.25) is 5.91 Å². The van der Waals surface area contributed by atoms with Crippen molar-refractivity contribution in [2.75, 3.05) is 13.1 Å². The van der Waals surface area contributed by atoms with E-state index in [1.165, 1.54) is 0 Å². The molecule has 1 fully saturated rings. The van der Waals surface area contributed by atoms with Gasteiger partial charge in [0.1, 0.15) is 5.82 Å². The van der Waals surface area contributed by atoms with Crippen molar-refractivity contribution < 1.29 is 9.59 Å². The Kier molecular flexibility index (Phi) is 4.16. The second kappa shape index (κ2) is 6.63. The lowest BCUT2D eigenvalue weighted by atomic mass is 9.96. The van der Waals surface area contributed by atoms with Crippen LogP contribution in [0.2, 0.25) is 0 Å². The molecule has 2 amide bonds. The maximum Gasteiger partial charge on any atom is 0.253 e. The Labute approximate surface area is 151 Å². The van der Waals surface area contributed by atoms with Gasteiger partial charge in [-0.25, -0.2) is 4.98 Å². The third-order valence-corrected chi connectivity index (χ3v) is 4.88. The van der Waals surface area contributed by atoms with Gasteiger partial charge < -0.3 is 15.6 Å². The average Bonchev–Trinajstić information content (AvgIpc) is 3.12. The summed E-state index contributed by atoms with van der Waals surface area (Å²) in [7, 11) is 0. The van der Waals surface area contributed by atoms with Crippen LogP contribution in [0.5, 0.6) is 0 Å². The van der Waals surface area contributed by atoms with E-state index in [1.54, 1.807) is 11.0 Å². The molecule has 1 aliphatic heterocycles. The number of hydrogen-bond donors (Lipinski definition) is 2. The monoisotopic (exact) mass is 348 g/mol. The standard InChI is InChI=1S/C20H20N4O2/c21-18(25)15-7-4-10-24(12-15)20(26)14-6-3-5-13(11-14)19-22-16-8-1-2-9-17(16)23-19/h1-3,5-6,8-9,11,15H,4,7,10,12H2,(H2,21,25)(H,22,23). The van der Waals surface area contributed by atoms with Crippen LogP contribution in [0.15, 0.2) is 48.5 Å². The molecular formula is C20H20N4O2. The van der Waals surface area contributed by atoms with Crippen molar-refractivity contribution in [3.63, 3.8) is 0 Å². The molecular weight excluding hydrogens is 328 g/mol. The molecule has 3 N–H and O–H groups in total. The number of para-hydroxylation sites is 2. The van der Waals surface area contributed by atoms with Gasteiger partial charge >= 0.3 is 0 Å². The van der Waals surface area contributed by atoms with E-state index in [-0.39, 0.29) is 17.7 Å². The van der Waals surface area contributed by atoms with Gasteiger partial charge in [0, 0.05) is 24.2 Å². The maximum absolute atomic E-state index is 12.9. The van der Waals surface area contributed by atoms with E-state index in [0.29, 0.717) is 18.7 Å². The summed E-state index contributed by atoms with van der Waals surface area (Å²) < 4.78 is 0. The largest absolute Gasteiger partial charge is 0.369 e. The second-order valence-electron chi connectivity index (χ2n) is 6.68. The summed E-state index contributed by atoms with van der Waals surface area (Å²) >= 11 is 0. The SMILES string of the molecule is NC(=O)C1CCCN(C(=O)c2cccc(-c3nc4ccccc4[nH]3)c2)C1. The number of carbonyl (C=O) groups is 2. The molecule has 2 aromatic carbocycles. The van der Waals surface area contributed by atoms with Gasteiger partial charge in [0.05, 0.1) is 17.0 Å². The van der Waals surface area contributed by atoms with Crippen LogP contribution in [-0.4, -0.2) is 39.8 Å². The number of aromatic amines is 1. The van der Waals surface area contributed by atoms with Crippen molar-refractivity contribution in [3.05, 3.63) is 54.1 Å². The molecule has 1 atom stereocenters. The average molecular weight is 348 g/mol. The minimum absolute atomic E-state index is 0.0751. The van der Waals surface area contributed by atoms with E-state index >= 15 is 0 Å². The van der Waals surface area contributed by atoms with Crippen molar-refractivity contribution >= 4 is 22.8 Å². The van der Waals surface area contributed by atoms with Gasteiger partial charge in [-0.3, -0.25) is 9.59 Å². The fraction of sp³-hybridized carbons (Fsp3) is 0.250. The summed E-state index contributed by atoms with van der Waals surface area (Å²) in [5, 5.41) is 0. The Morgan fingerprint density at radius 2 is 2.00 bits per heavy atom. The molecule has 1 saturated heterocycles. The van der Waals surface area contributed by atoms with E-state index in [4.69, 9.17) is 5.73 Å². The number of rotatable bonds is 3. The van der Waals surface area contributed by atoms with Gasteiger partial charge in [-0.15, -0.1) is 0 Å². The molecule has 0 aliphatic carbocycles. The molecule has 3 aromatic rings. The molecule has 132 valence electrons. The molecule has 1 aromatic heterocycles. The fourth-order valence-corrected chi connectivity index (χ4v) is 3.47. The highest BCUT2D eigenvalue weighted by Crippen LogP contribution is 2.23. The topological polar surface area (TPSA) is 92.1 Å². The van der Waals surface area contributed by atoms with Crippen LogP contribution < -0.4 is 5.73 Å². The number of nitrogens with two attached hydrogens (primary N) is 1. The third-order valence-electron chi connectivity index (χ3n) is 4.88. The van der Waals surface area contributed by atoms with Gasteiger partial charge in [-0.1, -0.05) is 24.3 Å². The summed E-state index contributed by atoms with van der Waals surface area (Å²) in [6.07, 6.45) is 1.54. The Morgan fingerprint density at radius 1 is 1.15 bits per heavy atom. The van der Waals surface area contributed by atoms with Crippen LogP contribution in [0.25, 0.3) is 22.4 Å². The molecule has 4 rings (SSSR count). The van der Waals surface area contributed by atoms with E-state index in [2.05, 4.69) is 9.97 Å². The number of amides is 2. The molecule has 0 spiro atoms. The molecule has 0 bridgehead atoms. The first kappa shape index (κ1) is 16.3. The maximum atomic E-state index is 12.9. The van der Waals surface area contributed by atoms with E-state index in [9.17, 15) is 9.59 Å². The summed E-state index contributed by atoms with van der Waals surface area (Å²) in [6, 6.07) is 15.2. The summed E-state index contributed by atoms with van der Waals surface area (Å²) in [5.74, 6) is 0.0631. The van der Waals surface area contributed by atoms with Crippen LogP contribution >= 0.6 is 0 Å². The van der Waals surface area contributed by atoms with Crippen LogP contribution in [0.4, 0.5) is 0 Å². The van der Waals surface area contributed by atoms with Crippen LogP contribution in [0.1, 0.15) is 23.2 Å². The first-order valence-electron chi connectivity index (χ1n) is 8.75. The van der Waals surface area contributed by atoms with Crippen molar-refractivity contribution in [2.45, 2.75) is 12.8 Å². The fourth-order valence-electron chi connectivity index (χ4n) is 3.47.